The first kappa shape index (κ1) is 14.5. The van der Waals surface area contributed by atoms with Crippen LogP contribution in [-0.2, 0) is 4.79 Å². The Balaban J connectivity index is 2.49. The van der Waals surface area contributed by atoms with Gasteiger partial charge >= 0.3 is 0 Å². The zero-order valence-corrected chi connectivity index (χ0v) is 11.5. The Bertz CT molecular complexity index is 453. The van der Waals surface area contributed by atoms with Crippen molar-refractivity contribution in [2.75, 3.05) is 25.5 Å². The van der Waals surface area contributed by atoms with Crippen LogP contribution in [-0.4, -0.2) is 30.9 Å². The van der Waals surface area contributed by atoms with E-state index in [9.17, 15) is 9.18 Å². The molecular weight excluding hydrogens is 301 g/mol. The summed E-state index contributed by atoms with van der Waals surface area (Å²) in [5, 5.41) is 11.3. The predicted molar refractivity (Wildman–Crippen MR) is 70.5 cm³/mol. The summed E-state index contributed by atoms with van der Waals surface area (Å²) in [5.41, 5.74) is 0.531. The Hall–Kier alpha value is -1.61. The van der Waals surface area contributed by atoms with Gasteiger partial charge in [-0.15, -0.1) is 0 Å². The fourth-order valence-electron chi connectivity index (χ4n) is 1.31. The highest BCUT2D eigenvalue weighted by molar-refractivity contribution is 9.10. The molecular formula is C12H13BrFN3O. The number of carbonyl (C=O) groups excluding carboxylic acids is 1. The lowest BCUT2D eigenvalue weighted by Crippen LogP contribution is -2.32. The molecule has 1 amide bonds. The zero-order chi connectivity index (χ0) is 13.5. The summed E-state index contributed by atoms with van der Waals surface area (Å²) in [6, 6.07) is 6.31. The molecule has 1 aromatic carbocycles. The summed E-state index contributed by atoms with van der Waals surface area (Å²) in [5.74, 6) is -0.525. The van der Waals surface area contributed by atoms with Crippen molar-refractivity contribution in [3.8, 4) is 6.07 Å². The second-order valence-electron chi connectivity index (χ2n) is 3.74. The minimum Gasteiger partial charge on any atom is -0.376 e. The summed E-state index contributed by atoms with van der Waals surface area (Å²) in [7, 11) is 1.63. The summed E-state index contributed by atoms with van der Waals surface area (Å²) in [4.78, 5) is 13.1. The van der Waals surface area contributed by atoms with E-state index >= 15 is 0 Å². The minimum atomic E-state index is -0.378. The molecule has 0 fully saturated rings. The zero-order valence-electron chi connectivity index (χ0n) is 9.91. The van der Waals surface area contributed by atoms with Crippen molar-refractivity contribution in [1.29, 1.82) is 5.26 Å². The smallest absolute Gasteiger partial charge is 0.241 e. The SMILES string of the molecule is CN(CCC#N)C(=O)CNc1cc(F)cc(Br)c1. The van der Waals surface area contributed by atoms with E-state index in [4.69, 9.17) is 5.26 Å². The van der Waals surface area contributed by atoms with Gasteiger partial charge in [0.1, 0.15) is 5.82 Å². The topological polar surface area (TPSA) is 56.1 Å². The molecule has 0 saturated carbocycles. The molecule has 96 valence electrons. The predicted octanol–water partition coefficient (Wildman–Crippen LogP) is 2.37. The molecule has 1 N–H and O–H groups in total. The number of carbonyl (C=O) groups is 1. The molecule has 0 radical (unpaired) electrons. The number of anilines is 1. The summed E-state index contributed by atoms with van der Waals surface area (Å²) < 4.78 is 13.7. The normalized spacial score (nSPS) is 9.67. The van der Waals surface area contributed by atoms with Crippen molar-refractivity contribution >= 4 is 27.5 Å². The molecule has 0 spiro atoms. The summed E-state index contributed by atoms with van der Waals surface area (Å²) in [6.07, 6.45) is 0.299. The number of hydrogen-bond acceptors (Lipinski definition) is 3. The number of likely N-dealkylation sites (N-methyl/N-ethyl adjacent to an activating group) is 1. The van der Waals surface area contributed by atoms with E-state index in [2.05, 4.69) is 21.2 Å². The van der Waals surface area contributed by atoms with Gasteiger partial charge in [-0.1, -0.05) is 15.9 Å². The molecule has 6 heteroatoms. The number of amides is 1. The second-order valence-corrected chi connectivity index (χ2v) is 4.65. The van der Waals surface area contributed by atoms with E-state index in [0.29, 0.717) is 23.1 Å². The van der Waals surface area contributed by atoms with Crippen molar-refractivity contribution in [1.82, 2.24) is 4.90 Å². The fourth-order valence-corrected chi connectivity index (χ4v) is 1.78. The van der Waals surface area contributed by atoms with Crippen LogP contribution in [0.5, 0.6) is 0 Å². The molecule has 0 aliphatic carbocycles. The number of nitrogens with zero attached hydrogens (tertiary/aromatic N) is 2. The van der Waals surface area contributed by atoms with E-state index in [0.717, 1.165) is 0 Å². The maximum absolute atomic E-state index is 13.1. The Labute approximate surface area is 114 Å². The van der Waals surface area contributed by atoms with Crippen LogP contribution < -0.4 is 5.32 Å². The van der Waals surface area contributed by atoms with Gasteiger partial charge in [-0.3, -0.25) is 4.79 Å². The van der Waals surface area contributed by atoms with Gasteiger partial charge in [0, 0.05) is 23.8 Å². The van der Waals surface area contributed by atoms with Crippen molar-refractivity contribution in [3.63, 3.8) is 0 Å². The molecule has 0 aliphatic rings. The number of nitriles is 1. The first-order valence-corrected chi connectivity index (χ1v) is 6.13. The van der Waals surface area contributed by atoms with Crippen molar-refractivity contribution in [2.24, 2.45) is 0 Å². The van der Waals surface area contributed by atoms with Crippen LogP contribution in [0.2, 0.25) is 0 Å². The van der Waals surface area contributed by atoms with Gasteiger partial charge in [-0.05, 0) is 18.2 Å². The van der Waals surface area contributed by atoms with Gasteiger partial charge in [0.2, 0.25) is 5.91 Å². The molecule has 0 saturated heterocycles. The molecule has 0 aliphatic heterocycles. The molecule has 0 aromatic heterocycles. The van der Waals surface area contributed by atoms with Crippen LogP contribution in [0, 0.1) is 17.1 Å². The lowest BCUT2D eigenvalue weighted by Gasteiger charge is -2.16. The lowest BCUT2D eigenvalue weighted by molar-refractivity contribution is -0.127. The number of hydrogen-bond donors (Lipinski definition) is 1. The highest BCUT2D eigenvalue weighted by Gasteiger charge is 2.08. The van der Waals surface area contributed by atoms with E-state index < -0.39 is 0 Å². The van der Waals surface area contributed by atoms with Gasteiger partial charge in [-0.2, -0.15) is 5.26 Å². The molecule has 0 unspecified atom stereocenters. The number of benzene rings is 1. The molecule has 1 rings (SSSR count). The van der Waals surface area contributed by atoms with Gasteiger partial charge in [0.05, 0.1) is 19.0 Å². The Morgan fingerprint density at radius 1 is 1.56 bits per heavy atom. The summed E-state index contributed by atoms with van der Waals surface area (Å²) in [6.45, 7) is 0.460. The number of rotatable bonds is 5. The van der Waals surface area contributed by atoms with Crippen molar-refractivity contribution in [2.45, 2.75) is 6.42 Å². The highest BCUT2D eigenvalue weighted by atomic mass is 79.9. The minimum absolute atomic E-state index is 0.0673. The van der Waals surface area contributed by atoms with E-state index in [-0.39, 0.29) is 18.3 Å². The average Bonchev–Trinajstić information content (AvgIpc) is 2.31. The van der Waals surface area contributed by atoms with Crippen LogP contribution in [0.1, 0.15) is 6.42 Å². The van der Waals surface area contributed by atoms with Gasteiger partial charge in [-0.25, -0.2) is 4.39 Å². The third-order valence-electron chi connectivity index (χ3n) is 2.29. The van der Waals surface area contributed by atoms with Crippen molar-refractivity contribution in [3.05, 3.63) is 28.5 Å². The molecule has 1 aromatic rings. The quantitative estimate of drug-likeness (QED) is 0.908. The second kappa shape index (κ2) is 6.97. The molecule has 0 heterocycles. The van der Waals surface area contributed by atoms with E-state index in [1.807, 2.05) is 6.07 Å². The lowest BCUT2D eigenvalue weighted by atomic mass is 10.3. The van der Waals surface area contributed by atoms with Crippen LogP contribution in [0.4, 0.5) is 10.1 Å². The average molecular weight is 314 g/mol. The van der Waals surface area contributed by atoms with Crippen LogP contribution in [0.25, 0.3) is 0 Å². The first-order valence-electron chi connectivity index (χ1n) is 5.34. The van der Waals surface area contributed by atoms with Gasteiger partial charge < -0.3 is 10.2 Å². The summed E-state index contributed by atoms with van der Waals surface area (Å²) >= 11 is 3.17. The van der Waals surface area contributed by atoms with Crippen molar-refractivity contribution < 1.29 is 9.18 Å². The largest absolute Gasteiger partial charge is 0.376 e. The third-order valence-corrected chi connectivity index (χ3v) is 2.75. The Morgan fingerprint density at radius 2 is 2.28 bits per heavy atom. The van der Waals surface area contributed by atoms with Gasteiger partial charge in [0.25, 0.3) is 0 Å². The molecule has 18 heavy (non-hydrogen) atoms. The first-order chi connectivity index (χ1) is 8.52. The molecule has 0 bridgehead atoms. The van der Waals surface area contributed by atoms with Crippen LogP contribution >= 0.6 is 15.9 Å². The number of nitrogens with one attached hydrogen (secondary N) is 1. The highest BCUT2D eigenvalue weighted by Crippen LogP contribution is 2.18. The third kappa shape index (κ3) is 4.72. The van der Waals surface area contributed by atoms with Gasteiger partial charge in [0.15, 0.2) is 0 Å². The maximum atomic E-state index is 13.1. The fraction of sp³-hybridized carbons (Fsp3) is 0.333. The van der Waals surface area contributed by atoms with Crippen LogP contribution in [0.15, 0.2) is 22.7 Å². The molecule has 0 atom stereocenters. The maximum Gasteiger partial charge on any atom is 0.241 e. The number of halogens is 2. The van der Waals surface area contributed by atoms with E-state index in [1.165, 1.54) is 17.0 Å². The molecule has 4 nitrogen and oxygen atoms in total. The monoisotopic (exact) mass is 313 g/mol. The van der Waals surface area contributed by atoms with E-state index in [1.54, 1.807) is 13.1 Å². The van der Waals surface area contributed by atoms with Crippen LogP contribution in [0.3, 0.4) is 0 Å². The Morgan fingerprint density at radius 3 is 2.89 bits per heavy atom. The standard InChI is InChI=1S/C12H13BrFN3O/c1-17(4-2-3-15)12(18)8-16-11-6-9(13)5-10(14)7-11/h5-7,16H,2,4,8H2,1H3. The Kier molecular flexibility index (Phi) is 5.59.